The average molecular weight is 458 g/mol. The summed E-state index contributed by atoms with van der Waals surface area (Å²) in [6, 6.07) is 17.7. The molecule has 0 atom stereocenters. The highest BCUT2D eigenvalue weighted by Gasteiger charge is 2.23. The number of amides is 1. The molecule has 3 rings (SSSR count). The number of carbonyl (C=O) groups is 1. The van der Waals surface area contributed by atoms with Gasteiger partial charge in [0.2, 0.25) is 0 Å². The molecule has 0 unspecified atom stereocenters. The van der Waals surface area contributed by atoms with Crippen LogP contribution in [0.3, 0.4) is 0 Å². The summed E-state index contributed by atoms with van der Waals surface area (Å²) in [6.45, 7) is 3.74. The fourth-order valence-corrected chi connectivity index (χ4v) is 4.05. The number of para-hydroxylation sites is 1. The van der Waals surface area contributed by atoms with Gasteiger partial charge in [0.1, 0.15) is 22.2 Å². The third-order valence-electron chi connectivity index (χ3n) is 4.82. The lowest BCUT2D eigenvalue weighted by molar-refractivity contribution is 0.0689. The summed E-state index contributed by atoms with van der Waals surface area (Å²) in [5, 5.41) is 0. The van der Waals surface area contributed by atoms with E-state index in [0.717, 1.165) is 0 Å². The van der Waals surface area contributed by atoms with Crippen molar-refractivity contribution in [3.8, 4) is 11.5 Å². The van der Waals surface area contributed by atoms with Gasteiger partial charge in [-0.05, 0) is 62.4 Å². The molecule has 0 spiro atoms. The van der Waals surface area contributed by atoms with Crippen LogP contribution in [0.5, 0.6) is 11.5 Å². The molecular weight excluding hydrogens is 433 g/mol. The summed E-state index contributed by atoms with van der Waals surface area (Å²) >= 11 is 0. The number of halogens is 1. The normalized spacial score (nSPS) is 11.3. The molecule has 168 valence electrons. The molecule has 6 nitrogen and oxygen atoms in total. The quantitative estimate of drug-likeness (QED) is 0.460. The van der Waals surface area contributed by atoms with Crippen LogP contribution in [0, 0.1) is 5.82 Å². The van der Waals surface area contributed by atoms with E-state index in [9.17, 15) is 17.6 Å². The zero-order valence-electron chi connectivity index (χ0n) is 18.0. The van der Waals surface area contributed by atoms with Gasteiger partial charge < -0.3 is 13.8 Å². The van der Waals surface area contributed by atoms with Crippen LogP contribution in [0.1, 0.15) is 29.8 Å². The van der Waals surface area contributed by atoms with Gasteiger partial charge in [-0.1, -0.05) is 24.3 Å². The first-order chi connectivity index (χ1) is 15.2. The predicted molar refractivity (Wildman–Crippen MR) is 119 cm³/mol. The van der Waals surface area contributed by atoms with Gasteiger partial charge >= 0.3 is 10.1 Å². The van der Waals surface area contributed by atoms with E-state index < -0.39 is 15.9 Å². The van der Waals surface area contributed by atoms with Gasteiger partial charge in [0.25, 0.3) is 5.91 Å². The van der Waals surface area contributed by atoms with Crippen LogP contribution in [0.4, 0.5) is 4.39 Å². The van der Waals surface area contributed by atoms with Crippen LogP contribution >= 0.6 is 0 Å². The zero-order chi connectivity index (χ0) is 23.3. The topological polar surface area (TPSA) is 72.9 Å². The number of carbonyl (C=O) groups excluding carboxylic acids is 1. The molecule has 8 heteroatoms. The number of rotatable bonds is 8. The van der Waals surface area contributed by atoms with E-state index in [0.29, 0.717) is 11.3 Å². The van der Waals surface area contributed by atoms with Gasteiger partial charge in [-0.15, -0.1) is 0 Å². The van der Waals surface area contributed by atoms with Crippen molar-refractivity contribution in [2.75, 3.05) is 7.11 Å². The molecule has 0 aliphatic carbocycles. The van der Waals surface area contributed by atoms with Crippen LogP contribution in [-0.2, 0) is 16.7 Å². The van der Waals surface area contributed by atoms with Crippen LogP contribution in [-0.4, -0.2) is 32.4 Å². The van der Waals surface area contributed by atoms with Crippen LogP contribution < -0.4 is 8.92 Å². The molecule has 0 bridgehead atoms. The monoisotopic (exact) mass is 457 g/mol. The average Bonchev–Trinajstić information content (AvgIpc) is 2.77. The van der Waals surface area contributed by atoms with Gasteiger partial charge in [-0.25, -0.2) is 4.39 Å². The van der Waals surface area contributed by atoms with Gasteiger partial charge in [-0.3, -0.25) is 4.79 Å². The largest absolute Gasteiger partial charge is 0.497 e. The summed E-state index contributed by atoms with van der Waals surface area (Å²) in [7, 11) is -2.62. The Hall–Kier alpha value is -3.39. The van der Waals surface area contributed by atoms with Crippen molar-refractivity contribution in [1.82, 2.24) is 4.90 Å². The summed E-state index contributed by atoms with van der Waals surface area (Å²) in [5.74, 6) is -0.241. The standard InChI is InChI=1S/C24H24FNO5S/c1-17(2)26(24(27)18-8-6-9-20(25)15-18)16-19-7-4-5-10-23(19)31-32(28,29)22-13-11-21(30-3)12-14-22/h4-15,17H,16H2,1-3H3. The van der Waals surface area contributed by atoms with Crippen LogP contribution in [0.2, 0.25) is 0 Å². The summed E-state index contributed by atoms with van der Waals surface area (Å²) in [6.07, 6.45) is 0. The maximum Gasteiger partial charge on any atom is 0.339 e. The Morgan fingerprint density at radius 2 is 1.69 bits per heavy atom. The van der Waals surface area contributed by atoms with Crippen molar-refractivity contribution >= 4 is 16.0 Å². The van der Waals surface area contributed by atoms with Crippen molar-refractivity contribution in [3.05, 3.63) is 89.7 Å². The Morgan fingerprint density at radius 3 is 2.31 bits per heavy atom. The molecule has 0 radical (unpaired) electrons. The fourth-order valence-electron chi connectivity index (χ4n) is 3.08. The second-order valence-corrected chi connectivity index (χ2v) is 8.90. The summed E-state index contributed by atoms with van der Waals surface area (Å²) in [5.41, 5.74) is 0.714. The van der Waals surface area contributed by atoms with E-state index in [1.165, 1.54) is 66.6 Å². The molecule has 3 aromatic carbocycles. The van der Waals surface area contributed by atoms with Crippen molar-refractivity contribution in [2.24, 2.45) is 0 Å². The van der Waals surface area contributed by atoms with E-state index >= 15 is 0 Å². The SMILES string of the molecule is COc1ccc(S(=O)(=O)Oc2ccccc2CN(C(=O)c2cccc(F)c2)C(C)C)cc1. The number of hydrogen-bond donors (Lipinski definition) is 0. The number of nitrogens with zero attached hydrogens (tertiary/aromatic N) is 1. The number of benzene rings is 3. The Kier molecular flexibility index (Phi) is 7.15. The van der Waals surface area contributed by atoms with Crippen LogP contribution in [0.15, 0.2) is 77.7 Å². The maximum absolute atomic E-state index is 13.6. The smallest absolute Gasteiger partial charge is 0.339 e. The first-order valence-corrected chi connectivity index (χ1v) is 11.3. The summed E-state index contributed by atoms with van der Waals surface area (Å²) in [4.78, 5) is 14.5. The molecule has 0 heterocycles. The Balaban J connectivity index is 1.88. The molecule has 1 amide bonds. The third kappa shape index (κ3) is 5.45. The zero-order valence-corrected chi connectivity index (χ0v) is 18.8. The number of methoxy groups -OCH3 is 1. The van der Waals surface area contributed by atoms with Crippen LogP contribution in [0.25, 0.3) is 0 Å². The lowest BCUT2D eigenvalue weighted by atomic mass is 10.1. The predicted octanol–water partition coefficient (Wildman–Crippen LogP) is 4.65. The van der Waals surface area contributed by atoms with Crippen molar-refractivity contribution < 1.29 is 26.5 Å². The Labute approximate surface area is 187 Å². The fraction of sp³-hybridized carbons (Fsp3) is 0.208. The molecule has 3 aromatic rings. The highest BCUT2D eigenvalue weighted by molar-refractivity contribution is 7.87. The Bertz CT molecular complexity index is 1190. The number of hydrogen-bond acceptors (Lipinski definition) is 5. The van der Waals surface area contributed by atoms with Gasteiger partial charge in [-0.2, -0.15) is 8.42 Å². The van der Waals surface area contributed by atoms with Crippen molar-refractivity contribution in [3.63, 3.8) is 0 Å². The lowest BCUT2D eigenvalue weighted by Crippen LogP contribution is -2.36. The highest BCUT2D eigenvalue weighted by atomic mass is 32.2. The minimum atomic E-state index is -4.10. The maximum atomic E-state index is 13.6. The Morgan fingerprint density at radius 1 is 1.00 bits per heavy atom. The van der Waals surface area contributed by atoms with Gasteiger partial charge in [0.15, 0.2) is 0 Å². The highest BCUT2D eigenvalue weighted by Crippen LogP contribution is 2.26. The van der Waals surface area contributed by atoms with E-state index in [2.05, 4.69) is 0 Å². The van der Waals surface area contributed by atoms with Crippen molar-refractivity contribution in [2.45, 2.75) is 31.3 Å². The van der Waals surface area contributed by atoms with Gasteiger partial charge in [0.05, 0.1) is 7.11 Å². The number of ether oxygens (including phenoxy) is 1. The van der Waals surface area contributed by atoms with E-state index in [1.807, 2.05) is 13.8 Å². The molecule has 0 aromatic heterocycles. The van der Waals surface area contributed by atoms with E-state index in [4.69, 9.17) is 8.92 Å². The van der Waals surface area contributed by atoms with E-state index in [-0.39, 0.29) is 34.7 Å². The second-order valence-electron chi connectivity index (χ2n) is 7.36. The minimum Gasteiger partial charge on any atom is -0.497 e. The molecule has 0 N–H and O–H groups in total. The summed E-state index contributed by atoms with van der Waals surface area (Å²) < 4.78 is 49.6. The molecular formula is C24H24FNO5S. The molecule has 0 fully saturated rings. The lowest BCUT2D eigenvalue weighted by Gasteiger charge is -2.27. The van der Waals surface area contributed by atoms with Crippen molar-refractivity contribution in [1.29, 1.82) is 0 Å². The molecule has 0 aliphatic rings. The third-order valence-corrected chi connectivity index (χ3v) is 6.07. The van der Waals surface area contributed by atoms with Gasteiger partial charge in [0, 0.05) is 23.7 Å². The first kappa shape index (κ1) is 23.3. The molecule has 32 heavy (non-hydrogen) atoms. The molecule has 0 aliphatic heterocycles. The molecule has 0 saturated heterocycles. The molecule has 0 saturated carbocycles. The first-order valence-electron chi connectivity index (χ1n) is 9.94. The van der Waals surface area contributed by atoms with E-state index in [1.54, 1.807) is 18.2 Å². The second kappa shape index (κ2) is 9.82. The minimum absolute atomic E-state index is 0.0235.